The molecule has 0 saturated carbocycles. The fourth-order valence-corrected chi connectivity index (χ4v) is 4.83. The van der Waals surface area contributed by atoms with Gasteiger partial charge in [0.15, 0.2) is 0 Å². The molecule has 2 aromatic rings. The average molecular weight is 610 g/mol. The van der Waals surface area contributed by atoms with Crippen molar-refractivity contribution in [2.75, 3.05) is 51.2 Å². The monoisotopic (exact) mass is 609 g/mol. The topological polar surface area (TPSA) is 127 Å². The number of anilines is 1. The van der Waals surface area contributed by atoms with Crippen molar-refractivity contribution in [1.29, 1.82) is 0 Å². The molecule has 1 aliphatic heterocycles. The maximum absolute atomic E-state index is 13.6. The number of carbonyl (C=O) groups is 4. The summed E-state index contributed by atoms with van der Waals surface area (Å²) in [6, 6.07) is 13.3. The highest BCUT2D eigenvalue weighted by atomic mass is 16.6. The van der Waals surface area contributed by atoms with Gasteiger partial charge in [-0.1, -0.05) is 31.2 Å². The van der Waals surface area contributed by atoms with Crippen molar-refractivity contribution >= 4 is 29.5 Å². The number of carbonyl (C=O) groups excluding carboxylic acids is 4. The van der Waals surface area contributed by atoms with Gasteiger partial charge in [-0.2, -0.15) is 0 Å². The summed E-state index contributed by atoms with van der Waals surface area (Å²) in [6.45, 7) is 13.6. The van der Waals surface area contributed by atoms with E-state index < -0.39 is 11.7 Å². The van der Waals surface area contributed by atoms with Crippen LogP contribution in [-0.4, -0.2) is 90.6 Å². The van der Waals surface area contributed by atoms with E-state index in [4.69, 9.17) is 4.74 Å². The van der Waals surface area contributed by atoms with Gasteiger partial charge in [0.05, 0.1) is 13.1 Å². The zero-order chi connectivity index (χ0) is 32.4. The van der Waals surface area contributed by atoms with E-state index in [1.54, 1.807) is 55.9 Å². The van der Waals surface area contributed by atoms with Crippen LogP contribution in [0.3, 0.4) is 0 Å². The molecule has 0 radical (unpaired) electrons. The molecule has 0 aliphatic carbocycles. The van der Waals surface area contributed by atoms with Crippen molar-refractivity contribution in [2.45, 2.75) is 60.2 Å². The Balaban J connectivity index is 1.72. The Morgan fingerprint density at radius 2 is 1.64 bits per heavy atom. The minimum Gasteiger partial charge on any atom is -0.444 e. The zero-order valence-electron chi connectivity index (χ0n) is 27.0. The third-order valence-corrected chi connectivity index (χ3v) is 7.19. The van der Waals surface area contributed by atoms with Crippen molar-refractivity contribution < 1.29 is 23.9 Å². The Hall–Kier alpha value is -4.16. The second-order valence-corrected chi connectivity index (χ2v) is 11.8. The lowest BCUT2D eigenvalue weighted by Gasteiger charge is -2.32. The van der Waals surface area contributed by atoms with Gasteiger partial charge < -0.3 is 19.9 Å². The fraction of sp³-hybridized carbons (Fsp3) is 0.500. The van der Waals surface area contributed by atoms with Crippen LogP contribution >= 0.6 is 0 Å². The summed E-state index contributed by atoms with van der Waals surface area (Å²) >= 11 is 0. The number of rotatable bonds is 13. The highest BCUT2D eigenvalue weighted by molar-refractivity contribution is 5.95. The summed E-state index contributed by atoms with van der Waals surface area (Å²) in [6.07, 6.45) is -0.442. The van der Waals surface area contributed by atoms with Crippen LogP contribution in [0, 0.1) is 6.92 Å². The van der Waals surface area contributed by atoms with Gasteiger partial charge in [0.1, 0.15) is 5.60 Å². The number of benzene rings is 2. The van der Waals surface area contributed by atoms with E-state index in [2.05, 4.69) is 28.3 Å². The molecule has 0 aromatic heterocycles. The fourth-order valence-electron chi connectivity index (χ4n) is 4.83. The largest absolute Gasteiger partial charge is 0.444 e. The van der Waals surface area contributed by atoms with E-state index in [-0.39, 0.29) is 43.9 Å². The normalized spacial score (nSPS) is 12.7. The highest BCUT2D eigenvalue weighted by Crippen LogP contribution is 2.25. The quantitative estimate of drug-likeness (QED) is 0.296. The summed E-state index contributed by atoms with van der Waals surface area (Å²) < 4.78 is 5.45. The number of hydrogen-bond donors (Lipinski definition) is 3. The average Bonchev–Trinajstić information content (AvgIpc) is 3.40. The SMILES string of the molecule is CCNNC(=O)c1ccc(N(CC(=O)NCCN(CC)C(=O)OC(C)(C)C)CC(=O)N(C)N2Cc3ccccc3C2)c(C)c1. The first-order valence-corrected chi connectivity index (χ1v) is 15.0. The Bertz CT molecular complexity index is 1300. The third-order valence-electron chi connectivity index (χ3n) is 7.19. The Morgan fingerprint density at radius 3 is 2.20 bits per heavy atom. The molecule has 4 amide bonds. The van der Waals surface area contributed by atoms with Crippen LogP contribution in [-0.2, 0) is 27.4 Å². The Labute approximate surface area is 260 Å². The summed E-state index contributed by atoms with van der Waals surface area (Å²) in [7, 11) is 1.74. The van der Waals surface area contributed by atoms with Gasteiger partial charge in [0.2, 0.25) is 5.91 Å². The summed E-state index contributed by atoms with van der Waals surface area (Å²) in [4.78, 5) is 54.9. The summed E-state index contributed by atoms with van der Waals surface area (Å²) in [5.41, 5.74) is 9.03. The molecule has 3 rings (SSSR count). The van der Waals surface area contributed by atoms with Crippen LogP contribution in [0.25, 0.3) is 0 Å². The molecule has 1 aliphatic rings. The minimum absolute atomic E-state index is 0.0560. The van der Waals surface area contributed by atoms with Gasteiger partial charge in [-0.3, -0.25) is 24.8 Å². The second-order valence-electron chi connectivity index (χ2n) is 11.8. The maximum Gasteiger partial charge on any atom is 0.410 e. The number of ether oxygens (including phenoxy) is 1. The van der Waals surface area contributed by atoms with E-state index in [9.17, 15) is 19.2 Å². The van der Waals surface area contributed by atoms with Crippen molar-refractivity contribution in [3.8, 4) is 0 Å². The van der Waals surface area contributed by atoms with Crippen LogP contribution in [0.4, 0.5) is 10.5 Å². The first kappa shape index (κ1) is 34.3. The molecule has 1 heterocycles. The molecule has 0 spiro atoms. The first-order chi connectivity index (χ1) is 20.8. The summed E-state index contributed by atoms with van der Waals surface area (Å²) in [5, 5.41) is 6.45. The van der Waals surface area contributed by atoms with Gasteiger partial charge in [0, 0.05) is 57.6 Å². The molecule has 12 nitrogen and oxygen atoms in total. The standard InChI is InChI=1S/C32H47N7O5/c1-8-34-35-30(42)24-14-15-27(23(3)18-24)38(21-28(40)33-16-17-37(9-2)31(43)44-32(4,5)6)22-29(41)36(7)39-19-25-12-10-11-13-26(25)20-39/h10-15,18,34H,8-9,16-17,19-22H2,1-7H3,(H,33,40)(H,35,42). The van der Waals surface area contributed by atoms with Crippen LogP contribution in [0.2, 0.25) is 0 Å². The number of nitrogens with zero attached hydrogens (tertiary/aromatic N) is 4. The molecule has 44 heavy (non-hydrogen) atoms. The van der Waals surface area contributed by atoms with Crippen molar-refractivity contribution in [3.63, 3.8) is 0 Å². The molecular formula is C32H47N7O5. The third kappa shape index (κ3) is 9.68. The molecule has 240 valence electrons. The van der Waals surface area contributed by atoms with Gasteiger partial charge in [-0.25, -0.2) is 15.2 Å². The Morgan fingerprint density at radius 1 is 0.977 bits per heavy atom. The van der Waals surface area contributed by atoms with Crippen molar-refractivity contribution in [2.24, 2.45) is 0 Å². The zero-order valence-corrected chi connectivity index (χ0v) is 27.0. The van der Waals surface area contributed by atoms with Gasteiger partial charge in [-0.15, -0.1) is 0 Å². The first-order valence-electron chi connectivity index (χ1n) is 15.0. The number of fused-ring (bicyclic) bond motifs is 1. The molecule has 0 fully saturated rings. The van der Waals surface area contributed by atoms with E-state index in [0.29, 0.717) is 37.4 Å². The van der Waals surface area contributed by atoms with Crippen LogP contribution in [0.15, 0.2) is 42.5 Å². The van der Waals surface area contributed by atoms with Crippen LogP contribution < -0.4 is 21.1 Å². The molecular weight excluding hydrogens is 562 g/mol. The minimum atomic E-state index is -0.619. The summed E-state index contributed by atoms with van der Waals surface area (Å²) in [5.74, 6) is -0.760. The highest BCUT2D eigenvalue weighted by Gasteiger charge is 2.27. The molecule has 12 heteroatoms. The molecule has 0 saturated heterocycles. The molecule has 0 unspecified atom stereocenters. The van der Waals surface area contributed by atoms with Crippen LogP contribution in [0.5, 0.6) is 0 Å². The van der Waals surface area contributed by atoms with Crippen molar-refractivity contribution in [1.82, 2.24) is 31.1 Å². The molecule has 3 N–H and O–H groups in total. The van der Waals surface area contributed by atoms with Crippen LogP contribution in [0.1, 0.15) is 61.7 Å². The number of aryl methyl sites for hydroxylation is 1. The predicted molar refractivity (Wildman–Crippen MR) is 169 cm³/mol. The maximum atomic E-state index is 13.6. The number of amides is 4. The number of hydrogen-bond acceptors (Lipinski definition) is 8. The van der Waals surface area contributed by atoms with E-state index >= 15 is 0 Å². The van der Waals surface area contributed by atoms with E-state index in [0.717, 1.165) is 5.56 Å². The Kier molecular flexibility index (Phi) is 12.1. The van der Waals surface area contributed by atoms with E-state index in [1.807, 2.05) is 37.9 Å². The lowest BCUT2D eigenvalue weighted by atomic mass is 10.1. The molecule has 2 aromatic carbocycles. The smallest absolute Gasteiger partial charge is 0.410 e. The lowest BCUT2D eigenvalue weighted by molar-refractivity contribution is -0.145. The molecule has 0 bridgehead atoms. The second kappa shape index (κ2) is 15.5. The lowest BCUT2D eigenvalue weighted by Crippen LogP contribution is -2.48. The van der Waals surface area contributed by atoms with Gasteiger partial charge in [0.25, 0.3) is 11.8 Å². The predicted octanol–water partition coefficient (Wildman–Crippen LogP) is 2.82. The van der Waals surface area contributed by atoms with Crippen molar-refractivity contribution in [3.05, 3.63) is 64.7 Å². The van der Waals surface area contributed by atoms with E-state index in [1.165, 1.54) is 16.0 Å². The molecule has 0 atom stereocenters. The number of nitrogens with one attached hydrogen (secondary N) is 3. The number of likely N-dealkylation sites (N-methyl/N-ethyl adjacent to an activating group) is 2. The van der Waals surface area contributed by atoms with Gasteiger partial charge in [-0.05, 0) is 69.5 Å². The van der Waals surface area contributed by atoms with Gasteiger partial charge >= 0.3 is 6.09 Å². The number of hydrazine groups is 2.